The number of aliphatic hydroxyl groups excluding tert-OH is 1. The summed E-state index contributed by atoms with van der Waals surface area (Å²) in [6.07, 6.45) is 9.69. The van der Waals surface area contributed by atoms with E-state index < -0.39 is 11.9 Å². The number of carbonyl (C=O) groups is 3. The third-order valence-electron chi connectivity index (χ3n) is 13.1. The largest absolute Gasteiger partial charge is 0.393 e. The predicted molar refractivity (Wildman–Crippen MR) is 256 cm³/mol. The number of fused-ring (bicyclic) bond motifs is 2. The van der Waals surface area contributed by atoms with Gasteiger partial charge in [0.1, 0.15) is 17.2 Å². The molecule has 1 saturated carbocycles. The van der Waals surface area contributed by atoms with E-state index in [1.807, 2.05) is 47.3 Å². The molecule has 1 unspecified atom stereocenters. The fourth-order valence-electron chi connectivity index (χ4n) is 9.66. The van der Waals surface area contributed by atoms with Gasteiger partial charge in [0.15, 0.2) is 0 Å². The molecule has 2 fully saturated rings. The number of hydrogen-bond donors (Lipinski definition) is 4. The van der Waals surface area contributed by atoms with Gasteiger partial charge in [-0.3, -0.25) is 25.1 Å². The highest BCUT2D eigenvalue weighted by molar-refractivity contribution is 6.06. The Morgan fingerprint density at radius 1 is 0.788 bits per heavy atom. The number of amides is 3. The van der Waals surface area contributed by atoms with Crippen LogP contribution in [0.1, 0.15) is 109 Å². The molecule has 6 aromatic rings. The van der Waals surface area contributed by atoms with Crippen molar-refractivity contribution in [3.8, 4) is 46.1 Å². The highest BCUT2D eigenvalue weighted by atomic mass is 16.3. The van der Waals surface area contributed by atoms with Crippen LogP contribution in [-0.2, 0) is 22.7 Å². The number of piperidine rings is 1. The molecule has 3 aliphatic rings. The van der Waals surface area contributed by atoms with Crippen molar-refractivity contribution in [1.82, 2.24) is 29.7 Å². The van der Waals surface area contributed by atoms with Crippen LogP contribution in [0.2, 0.25) is 0 Å². The Labute approximate surface area is 385 Å². The first-order valence-corrected chi connectivity index (χ1v) is 23.3. The Morgan fingerprint density at radius 2 is 1.52 bits per heavy atom. The van der Waals surface area contributed by atoms with Crippen LogP contribution in [-0.4, -0.2) is 67.1 Å². The Balaban J connectivity index is 0.802. The Morgan fingerprint density at radius 3 is 2.30 bits per heavy atom. The quantitative estimate of drug-likeness (QED) is 0.0528. The van der Waals surface area contributed by atoms with Gasteiger partial charge in [0.2, 0.25) is 11.8 Å². The zero-order valence-corrected chi connectivity index (χ0v) is 37.2. The summed E-state index contributed by atoms with van der Waals surface area (Å²) in [5.41, 5.74) is 9.69. The molecule has 0 spiro atoms. The lowest BCUT2D eigenvalue weighted by atomic mass is 9.93. The van der Waals surface area contributed by atoms with Crippen molar-refractivity contribution in [2.24, 2.45) is 0 Å². The number of rotatable bonds is 13. The van der Waals surface area contributed by atoms with Gasteiger partial charge in [-0.1, -0.05) is 103 Å². The summed E-state index contributed by atoms with van der Waals surface area (Å²) in [6.45, 7) is 2.66. The lowest BCUT2D eigenvalue weighted by Crippen LogP contribution is -2.52. The number of aromatic nitrogens is 3. The lowest BCUT2D eigenvalue weighted by molar-refractivity contribution is -0.136. The summed E-state index contributed by atoms with van der Waals surface area (Å²) < 4.78 is 4.29. The molecule has 0 bridgehead atoms. The van der Waals surface area contributed by atoms with Crippen molar-refractivity contribution in [1.29, 1.82) is 5.41 Å². The normalized spacial score (nSPS) is 18.0. The van der Waals surface area contributed by atoms with E-state index in [2.05, 4.69) is 99.5 Å². The summed E-state index contributed by atoms with van der Waals surface area (Å²) in [4.78, 5) is 43.9. The van der Waals surface area contributed by atoms with Crippen molar-refractivity contribution in [3.63, 3.8) is 0 Å². The molecule has 1 saturated heterocycles. The summed E-state index contributed by atoms with van der Waals surface area (Å²) in [7, 11) is 0. The SMILES string of the molecule is N=c1c2c(-c3ccccc3)c(-c3ccccc3)n(Cc3cccc(C#CCCCCNCCCC#Cc4cccc5c4CN(C4CCC(=O)NC4=O)C5=O)c3)c2ncn1C1CCC(O)CC1. The minimum Gasteiger partial charge on any atom is -0.393 e. The highest BCUT2D eigenvalue weighted by Gasteiger charge is 2.39. The third-order valence-corrected chi connectivity index (χ3v) is 13.1. The second-order valence-electron chi connectivity index (χ2n) is 17.5. The van der Waals surface area contributed by atoms with E-state index in [0.29, 0.717) is 30.6 Å². The first-order valence-electron chi connectivity index (χ1n) is 23.3. The van der Waals surface area contributed by atoms with Gasteiger partial charge in [-0.2, -0.15) is 0 Å². The number of hydrogen-bond acceptors (Lipinski definition) is 7. The summed E-state index contributed by atoms with van der Waals surface area (Å²) in [5, 5.41) is 26.6. The molecule has 2 aliphatic heterocycles. The second kappa shape index (κ2) is 20.4. The topological polar surface area (TPSA) is 145 Å². The maximum atomic E-state index is 13.1. The van der Waals surface area contributed by atoms with Crippen LogP contribution in [0.15, 0.2) is 109 Å². The molecular formula is C55H55N7O4. The van der Waals surface area contributed by atoms with Gasteiger partial charge >= 0.3 is 0 Å². The molecule has 2 aromatic heterocycles. The van der Waals surface area contributed by atoms with Crippen molar-refractivity contribution in [2.75, 3.05) is 13.1 Å². The first kappa shape index (κ1) is 44.2. The maximum absolute atomic E-state index is 13.1. The molecule has 3 amide bonds. The van der Waals surface area contributed by atoms with E-state index in [1.54, 1.807) is 11.0 Å². The van der Waals surface area contributed by atoms with Crippen molar-refractivity contribution < 1.29 is 19.5 Å². The van der Waals surface area contributed by atoms with E-state index in [4.69, 9.17) is 4.98 Å². The summed E-state index contributed by atoms with van der Waals surface area (Å²) in [5.74, 6) is 12.4. The molecule has 1 aliphatic carbocycles. The summed E-state index contributed by atoms with van der Waals surface area (Å²) in [6, 6.07) is 34.2. The fourth-order valence-corrected chi connectivity index (χ4v) is 9.66. The smallest absolute Gasteiger partial charge is 0.255 e. The Kier molecular flexibility index (Phi) is 13.7. The third kappa shape index (κ3) is 9.65. The average Bonchev–Trinajstić information content (AvgIpc) is 3.85. The second-order valence-corrected chi connectivity index (χ2v) is 17.5. The molecule has 0 radical (unpaired) electrons. The molecule has 4 heterocycles. The maximum Gasteiger partial charge on any atom is 0.255 e. The number of benzene rings is 4. The van der Waals surface area contributed by atoms with Gasteiger partial charge in [0.25, 0.3) is 5.91 Å². The Bertz CT molecular complexity index is 2940. The molecular weight excluding hydrogens is 823 g/mol. The van der Waals surface area contributed by atoms with Crippen LogP contribution in [0.5, 0.6) is 0 Å². The number of aliphatic hydroxyl groups is 1. The van der Waals surface area contributed by atoms with Crippen molar-refractivity contribution in [2.45, 2.75) is 102 Å². The van der Waals surface area contributed by atoms with Gasteiger partial charge in [-0.15, -0.1) is 0 Å². The van der Waals surface area contributed by atoms with Crippen molar-refractivity contribution >= 4 is 28.8 Å². The predicted octanol–water partition coefficient (Wildman–Crippen LogP) is 7.88. The standard InChI is InChI=1S/C55H55N7O4/c56-52-50-49(41-20-7-3-8-21-41)51(42-22-9-4-10-23-42)61(53(50)58-37-62(52)43-26-28-44(63)29-27-43)35-39-18-14-17-38(34-39)16-6-1-2-12-32-57-33-13-5-11-19-40-24-15-25-45-46(40)36-60(55(45)66)47-30-31-48(64)59-54(47)65/h3-4,7-10,14-15,17-18,20-25,34,37,43-44,47,56-57,63H,1-2,5,12-13,26-33,35-36H2,(H,59,64,65). The van der Waals surface area contributed by atoms with Gasteiger partial charge < -0.3 is 24.5 Å². The first-order chi connectivity index (χ1) is 32.3. The number of unbranched alkanes of at least 4 members (excludes halogenated alkanes) is 3. The minimum atomic E-state index is -0.637. The lowest BCUT2D eigenvalue weighted by Gasteiger charge is -2.29. The number of nitrogens with zero attached hydrogens (tertiary/aromatic N) is 4. The number of nitrogens with one attached hydrogen (secondary N) is 3. The van der Waals surface area contributed by atoms with Crippen LogP contribution in [0.25, 0.3) is 33.4 Å². The van der Waals surface area contributed by atoms with Crippen LogP contribution >= 0.6 is 0 Å². The zero-order valence-electron chi connectivity index (χ0n) is 37.2. The fraction of sp³-hybridized carbons (Fsp3) is 0.327. The van der Waals surface area contributed by atoms with Crippen LogP contribution in [0.4, 0.5) is 0 Å². The van der Waals surface area contributed by atoms with E-state index in [1.165, 1.54) is 0 Å². The number of imide groups is 1. The van der Waals surface area contributed by atoms with Crippen LogP contribution in [0, 0.1) is 29.1 Å². The van der Waals surface area contributed by atoms with Gasteiger partial charge in [-0.25, -0.2) is 4.98 Å². The van der Waals surface area contributed by atoms with Crippen LogP contribution < -0.4 is 16.1 Å². The van der Waals surface area contributed by atoms with Gasteiger partial charge in [0.05, 0.1) is 23.5 Å². The molecule has 11 nitrogen and oxygen atoms in total. The monoisotopic (exact) mass is 877 g/mol. The van der Waals surface area contributed by atoms with E-state index in [9.17, 15) is 24.9 Å². The van der Waals surface area contributed by atoms with E-state index in [-0.39, 0.29) is 30.4 Å². The van der Waals surface area contributed by atoms with Crippen LogP contribution in [0.3, 0.4) is 0 Å². The van der Waals surface area contributed by atoms with E-state index in [0.717, 1.165) is 127 Å². The van der Waals surface area contributed by atoms with Gasteiger partial charge in [0, 0.05) is 60.6 Å². The zero-order chi connectivity index (χ0) is 45.4. The molecule has 1 atom stereocenters. The summed E-state index contributed by atoms with van der Waals surface area (Å²) >= 11 is 0. The molecule has 66 heavy (non-hydrogen) atoms. The van der Waals surface area contributed by atoms with Crippen molar-refractivity contribution in [3.05, 3.63) is 143 Å². The minimum absolute atomic E-state index is 0.122. The molecule has 4 N–H and O–H groups in total. The molecule has 4 aromatic carbocycles. The van der Waals surface area contributed by atoms with E-state index >= 15 is 0 Å². The molecule has 9 rings (SSSR count). The number of carbonyl (C=O) groups excluding carboxylic acids is 3. The highest BCUT2D eigenvalue weighted by Crippen LogP contribution is 2.40. The van der Waals surface area contributed by atoms with Gasteiger partial charge in [-0.05, 0) is 111 Å². The molecule has 11 heteroatoms. The molecule has 334 valence electrons. The average molecular weight is 878 g/mol. The Hall–Kier alpha value is -7.05.